The van der Waals surface area contributed by atoms with Crippen LogP contribution in [0.3, 0.4) is 0 Å². The zero-order valence-corrected chi connectivity index (χ0v) is 11.5. The molecular formula is C15H21NO3. The van der Waals surface area contributed by atoms with E-state index in [9.17, 15) is 9.90 Å². The van der Waals surface area contributed by atoms with Gasteiger partial charge in [0.25, 0.3) is 5.91 Å². The lowest BCUT2D eigenvalue weighted by Gasteiger charge is -2.16. The molecule has 1 atom stereocenters. The molecule has 1 amide bonds. The number of hydrogen-bond acceptors (Lipinski definition) is 3. The normalized spacial score (nSPS) is 18.9. The van der Waals surface area contributed by atoms with Gasteiger partial charge in [-0.25, -0.2) is 0 Å². The third kappa shape index (κ3) is 3.70. The summed E-state index contributed by atoms with van der Waals surface area (Å²) in [6, 6.07) is 7.82. The summed E-state index contributed by atoms with van der Waals surface area (Å²) < 4.78 is 5.48. The molecule has 1 aliphatic heterocycles. The van der Waals surface area contributed by atoms with Crippen LogP contribution in [0.4, 0.5) is 0 Å². The van der Waals surface area contributed by atoms with Crippen LogP contribution in [0.15, 0.2) is 24.3 Å². The lowest BCUT2D eigenvalue weighted by Crippen LogP contribution is -2.33. The molecule has 1 aliphatic rings. The standard InChI is InChI=1S/C15H21NO3/c1-11(2)12-3-5-14(6-4-12)19-10-15(18)16-8-7-13(17)9-16/h3-6,11,13,17H,7-10H2,1-2H3. The van der Waals surface area contributed by atoms with Crippen molar-refractivity contribution >= 4 is 5.91 Å². The smallest absolute Gasteiger partial charge is 0.260 e. The number of aliphatic hydroxyl groups is 1. The predicted molar refractivity (Wildman–Crippen MR) is 73.2 cm³/mol. The molecule has 1 aromatic rings. The van der Waals surface area contributed by atoms with Gasteiger partial charge >= 0.3 is 0 Å². The van der Waals surface area contributed by atoms with Gasteiger partial charge in [0.2, 0.25) is 0 Å². The number of carbonyl (C=O) groups excluding carboxylic acids is 1. The summed E-state index contributed by atoms with van der Waals surface area (Å²) in [7, 11) is 0. The van der Waals surface area contributed by atoms with Crippen LogP contribution in [0.2, 0.25) is 0 Å². The summed E-state index contributed by atoms with van der Waals surface area (Å²) in [6.07, 6.45) is 0.281. The first-order chi connectivity index (χ1) is 9.06. The second kappa shape index (κ2) is 6.06. The van der Waals surface area contributed by atoms with Crippen LogP contribution in [0.25, 0.3) is 0 Å². The van der Waals surface area contributed by atoms with Crippen LogP contribution in [-0.2, 0) is 4.79 Å². The molecule has 0 aliphatic carbocycles. The van der Waals surface area contributed by atoms with Gasteiger partial charge in [-0.3, -0.25) is 4.79 Å². The number of nitrogens with zero attached hydrogens (tertiary/aromatic N) is 1. The van der Waals surface area contributed by atoms with Gasteiger partial charge in [-0.05, 0) is 30.0 Å². The van der Waals surface area contributed by atoms with Crippen LogP contribution >= 0.6 is 0 Å². The highest BCUT2D eigenvalue weighted by molar-refractivity contribution is 5.78. The number of aliphatic hydroxyl groups excluding tert-OH is 1. The molecule has 0 bridgehead atoms. The molecule has 0 aromatic heterocycles. The zero-order valence-electron chi connectivity index (χ0n) is 11.5. The fourth-order valence-corrected chi connectivity index (χ4v) is 2.15. The quantitative estimate of drug-likeness (QED) is 0.901. The summed E-state index contributed by atoms with van der Waals surface area (Å²) in [5, 5.41) is 9.38. The molecule has 104 valence electrons. The van der Waals surface area contributed by atoms with Crippen molar-refractivity contribution in [2.45, 2.75) is 32.3 Å². The molecule has 1 unspecified atom stereocenters. The highest BCUT2D eigenvalue weighted by Gasteiger charge is 2.24. The Morgan fingerprint density at radius 1 is 1.42 bits per heavy atom. The summed E-state index contributed by atoms with van der Waals surface area (Å²) >= 11 is 0. The number of rotatable bonds is 4. The molecule has 1 aromatic carbocycles. The fraction of sp³-hybridized carbons (Fsp3) is 0.533. The third-order valence-electron chi connectivity index (χ3n) is 3.43. The second-order valence-corrected chi connectivity index (χ2v) is 5.29. The molecule has 2 rings (SSSR count). The maximum Gasteiger partial charge on any atom is 0.260 e. The Labute approximate surface area is 114 Å². The van der Waals surface area contributed by atoms with Gasteiger partial charge < -0.3 is 14.7 Å². The van der Waals surface area contributed by atoms with Crippen molar-refractivity contribution in [3.05, 3.63) is 29.8 Å². The fourth-order valence-electron chi connectivity index (χ4n) is 2.15. The van der Waals surface area contributed by atoms with Crippen LogP contribution in [-0.4, -0.2) is 41.7 Å². The minimum absolute atomic E-state index is 0.0355. The molecule has 0 spiro atoms. The van der Waals surface area contributed by atoms with Crippen molar-refractivity contribution in [2.24, 2.45) is 0 Å². The number of ether oxygens (including phenoxy) is 1. The first kappa shape index (κ1) is 13.9. The van der Waals surface area contributed by atoms with Crippen molar-refractivity contribution in [3.8, 4) is 5.75 Å². The molecule has 4 nitrogen and oxygen atoms in total. The Balaban J connectivity index is 1.83. The van der Waals surface area contributed by atoms with Gasteiger partial charge in [0.1, 0.15) is 5.75 Å². The topological polar surface area (TPSA) is 49.8 Å². The van der Waals surface area contributed by atoms with Gasteiger partial charge in [0.15, 0.2) is 6.61 Å². The second-order valence-electron chi connectivity index (χ2n) is 5.29. The number of carbonyl (C=O) groups is 1. The monoisotopic (exact) mass is 263 g/mol. The maximum atomic E-state index is 11.8. The van der Waals surface area contributed by atoms with Gasteiger partial charge in [0, 0.05) is 13.1 Å². The van der Waals surface area contributed by atoms with Gasteiger partial charge in [-0.15, -0.1) is 0 Å². The minimum Gasteiger partial charge on any atom is -0.484 e. The first-order valence-electron chi connectivity index (χ1n) is 6.75. The molecule has 1 N–H and O–H groups in total. The van der Waals surface area contributed by atoms with E-state index in [-0.39, 0.29) is 18.6 Å². The molecule has 1 fully saturated rings. The van der Waals surface area contributed by atoms with E-state index in [2.05, 4.69) is 13.8 Å². The molecule has 1 heterocycles. The van der Waals surface area contributed by atoms with E-state index in [4.69, 9.17) is 4.74 Å². The Morgan fingerprint density at radius 3 is 2.63 bits per heavy atom. The highest BCUT2D eigenvalue weighted by Crippen LogP contribution is 2.18. The van der Waals surface area contributed by atoms with Crippen LogP contribution in [0.5, 0.6) is 5.75 Å². The molecular weight excluding hydrogens is 242 g/mol. The van der Waals surface area contributed by atoms with E-state index < -0.39 is 0 Å². The summed E-state index contributed by atoms with van der Waals surface area (Å²) in [5.41, 5.74) is 1.25. The van der Waals surface area contributed by atoms with Gasteiger partial charge in [-0.2, -0.15) is 0 Å². The Morgan fingerprint density at radius 2 is 2.11 bits per heavy atom. The lowest BCUT2D eigenvalue weighted by molar-refractivity contribution is -0.132. The van der Waals surface area contributed by atoms with E-state index >= 15 is 0 Å². The SMILES string of the molecule is CC(C)c1ccc(OCC(=O)N2CCC(O)C2)cc1. The minimum atomic E-state index is -0.380. The molecule has 0 radical (unpaired) electrons. The average molecular weight is 263 g/mol. The van der Waals surface area contributed by atoms with Crippen LogP contribution in [0.1, 0.15) is 31.7 Å². The van der Waals surface area contributed by atoms with Crippen molar-refractivity contribution < 1.29 is 14.6 Å². The van der Waals surface area contributed by atoms with E-state index in [0.717, 1.165) is 0 Å². The summed E-state index contributed by atoms with van der Waals surface area (Å²) in [4.78, 5) is 13.5. The Hall–Kier alpha value is -1.55. The summed E-state index contributed by atoms with van der Waals surface area (Å²) in [5.74, 6) is 1.13. The van der Waals surface area contributed by atoms with E-state index in [1.807, 2.05) is 24.3 Å². The third-order valence-corrected chi connectivity index (χ3v) is 3.43. The lowest BCUT2D eigenvalue weighted by atomic mass is 10.0. The Kier molecular flexibility index (Phi) is 4.43. The molecule has 0 saturated carbocycles. The van der Waals surface area contributed by atoms with Crippen LogP contribution < -0.4 is 4.74 Å². The number of hydrogen-bond donors (Lipinski definition) is 1. The van der Waals surface area contributed by atoms with Crippen molar-refractivity contribution in [2.75, 3.05) is 19.7 Å². The Bertz CT molecular complexity index is 428. The maximum absolute atomic E-state index is 11.8. The number of likely N-dealkylation sites (tertiary alicyclic amines) is 1. The largest absolute Gasteiger partial charge is 0.484 e. The van der Waals surface area contributed by atoms with Crippen molar-refractivity contribution in [1.82, 2.24) is 4.90 Å². The van der Waals surface area contributed by atoms with E-state index in [1.54, 1.807) is 4.90 Å². The van der Waals surface area contributed by atoms with Gasteiger partial charge in [0.05, 0.1) is 6.10 Å². The average Bonchev–Trinajstić information content (AvgIpc) is 2.83. The first-order valence-corrected chi connectivity index (χ1v) is 6.75. The molecule has 1 saturated heterocycles. The van der Waals surface area contributed by atoms with Crippen molar-refractivity contribution in [1.29, 1.82) is 0 Å². The number of amides is 1. The molecule has 4 heteroatoms. The number of β-amino-alcohol motifs (C(OH)–C–C–N with tert-alkyl or cyclic N) is 1. The zero-order chi connectivity index (χ0) is 13.8. The highest BCUT2D eigenvalue weighted by atomic mass is 16.5. The van der Waals surface area contributed by atoms with Crippen molar-refractivity contribution in [3.63, 3.8) is 0 Å². The van der Waals surface area contributed by atoms with Gasteiger partial charge in [-0.1, -0.05) is 26.0 Å². The number of benzene rings is 1. The van der Waals surface area contributed by atoms with E-state index in [0.29, 0.717) is 31.2 Å². The summed E-state index contributed by atoms with van der Waals surface area (Å²) in [6.45, 7) is 5.36. The van der Waals surface area contributed by atoms with E-state index in [1.165, 1.54) is 5.56 Å². The van der Waals surface area contributed by atoms with Crippen LogP contribution in [0, 0.1) is 0 Å². The predicted octanol–water partition coefficient (Wildman–Crippen LogP) is 1.78. The molecule has 19 heavy (non-hydrogen) atoms.